The summed E-state index contributed by atoms with van der Waals surface area (Å²) in [6.07, 6.45) is 0.794. The van der Waals surface area contributed by atoms with Gasteiger partial charge in [0.05, 0.1) is 6.61 Å². The molecule has 0 bridgehead atoms. The Hall–Kier alpha value is -2.84. The van der Waals surface area contributed by atoms with Crippen LogP contribution in [0.2, 0.25) is 0 Å². The maximum atomic E-state index is 6.25. The number of benzene rings is 4. The van der Waals surface area contributed by atoms with Crippen molar-refractivity contribution in [3.63, 3.8) is 0 Å². The SMILES string of the molecule is CC(OCc1c2ccccc2cc2ccccc12)Oc1cccc(C(CC(C)(C)C)C(C)C)c1. The molecular weight excluding hydrogens is 416 g/mol. The van der Waals surface area contributed by atoms with Gasteiger partial charge in [0.2, 0.25) is 0 Å². The zero-order chi connectivity index (χ0) is 24.3. The highest BCUT2D eigenvalue weighted by Crippen LogP contribution is 2.37. The van der Waals surface area contributed by atoms with Crippen LogP contribution in [-0.2, 0) is 11.3 Å². The van der Waals surface area contributed by atoms with Crippen molar-refractivity contribution in [3.05, 3.63) is 90.0 Å². The van der Waals surface area contributed by atoms with E-state index in [2.05, 4.69) is 107 Å². The maximum Gasteiger partial charge on any atom is 0.197 e. The smallest absolute Gasteiger partial charge is 0.197 e. The Morgan fingerprint density at radius 1 is 0.735 bits per heavy atom. The first-order chi connectivity index (χ1) is 16.2. The van der Waals surface area contributed by atoms with E-state index >= 15 is 0 Å². The summed E-state index contributed by atoms with van der Waals surface area (Å²) in [6, 6.07) is 27.9. The molecule has 4 aromatic rings. The standard InChI is InChI=1S/C32H38O2/c1-22(2)30(20-32(4,5)6)26-14-11-15-27(19-26)34-23(3)33-21-31-28-16-9-7-12-24(28)18-25-13-8-10-17-29(25)31/h7-19,22-23,30H,20-21H2,1-6H3. The summed E-state index contributed by atoms with van der Waals surface area (Å²) in [6.45, 7) is 14.0. The summed E-state index contributed by atoms with van der Waals surface area (Å²) in [5.74, 6) is 1.94. The van der Waals surface area contributed by atoms with Gasteiger partial charge in [0.25, 0.3) is 0 Å². The fraction of sp³-hybridized carbons (Fsp3) is 0.375. The molecule has 2 atom stereocenters. The third kappa shape index (κ3) is 5.80. The molecule has 0 saturated heterocycles. The molecule has 2 unspecified atom stereocenters. The molecular formula is C32H38O2. The average Bonchev–Trinajstić information content (AvgIpc) is 2.79. The highest BCUT2D eigenvalue weighted by atomic mass is 16.7. The summed E-state index contributed by atoms with van der Waals surface area (Å²) >= 11 is 0. The largest absolute Gasteiger partial charge is 0.465 e. The highest BCUT2D eigenvalue weighted by molar-refractivity contribution is 6.02. The van der Waals surface area contributed by atoms with E-state index in [0.29, 0.717) is 18.4 Å². The van der Waals surface area contributed by atoms with Gasteiger partial charge in [-0.25, -0.2) is 0 Å². The predicted molar refractivity (Wildman–Crippen MR) is 144 cm³/mol. The molecule has 0 aliphatic heterocycles. The molecule has 4 rings (SSSR count). The van der Waals surface area contributed by atoms with Gasteiger partial charge < -0.3 is 9.47 Å². The number of rotatable bonds is 8. The van der Waals surface area contributed by atoms with Crippen LogP contribution in [0, 0.1) is 11.3 Å². The Bertz CT molecular complexity index is 1190. The van der Waals surface area contributed by atoms with Crippen LogP contribution in [0.4, 0.5) is 0 Å². The van der Waals surface area contributed by atoms with Crippen molar-refractivity contribution in [2.24, 2.45) is 11.3 Å². The van der Waals surface area contributed by atoms with E-state index in [1.807, 2.05) is 13.0 Å². The molecule has 0 aromatic heterocycles. The van der Waals surface area contributed by atoms with Gasteiger partial charge in [-0.3, -0.25) is 0 Å². The quantitative estimate of drug-likeness (QED) is 0.195. The fourth-order valence-electron chi connectivity index (χ4n) is 4.91. The zero-order valence-corrected chi connectivity index (χ0v) is 21.5. The van der Waals surface area contributed by atoms with Crippen molar-refractivity contribution in [3.8, 4) is 5.75 Å². The van der Waals surface area contributed by atoms with Crippen molar-refractivity contribution < 1.29 is 9.47 Å². The first-order valence-corrected chi connectivity index (χ1v) is 12.5. The lowest BCUT2D eigenvalue weighted by atomic mass is 9.76. The molecule has 4 aromatic carbocycles. The molecule has 0 saturated carbocycles. The second-order valence-electron chi connectivity index (χ2n) is 11.0. The van der Waals surface area contributed by atoms with Gasteiger partial charge in [0, 0.05) is 0 Å². The molecule has 34 heavy (non-hydrogen) atoms. The van der Waals surface area contributed by atoms with Crippen LogP contribution in [-0.4, -0.2) is 6.29 Å². The first-order valence-electron chi connectivity index (χ1n) is 12.5. The highest BCUT2D eigenvalue weighted by Gasteiger charge is 2.23. The van der Waals surface area contributed by atoms with Crippen molar-refractivity contribution >= 4 is 21.5 Å². The number of hydrogen-bond donors (Lipinski definition) is 0. The molecule has 2 nitrogen and oxygen atoms in total. The monoisotopic (exact) mass is 454 g/mol. The van der Waals surface area contributed by atoms with Gasteiger partial charge in [-0.15, -0.1) is 0 Å². The minimum absolute atomic E-state index is 0.281. The number of hydrogen-bond acceptors (Lipinski definition) is 2. The Morgan fingerprint density at radius 2 is 1.35 bits per heavy atom. The lowest BCUT2D eigenvalue weighted by molar-refractivity contribution is -0.0752. The number of ether oxygens (including phenoxy) is 2. The second-order valence-corrected chi connectivity index (χ2v) is 11.0. The van der Waals surface area contributed by atoms with Gasteiger partial charge in [-0.2, -0.15) is 0 Å². The molecule has 0 spiro atoms. The molecule has 0 amide bonds. The van der Waals surface area contributed by atoms with Gasteiger partial charge >= 0.3 is 0 Å². The van der Waals surface area contributed by atoms with Crippen LogP contribution in [0.5, 0.6) is 5.75 Å². The summed E-state index contributed by atoms with van der Waals surface area (Å²) < 4.78 is 12.5. The van der Waals surface area contributed by atoms with E-state index in [1.165, 1.54) is 32.7 Å². The molecule has 178 valence electrons. The van der Waals surface area contributed by atoms with Crippen molar-refractivity contribution in [1.82, 2.24) is 0 Å². The van der Waals surface area contributed by atoms with E-state index in [1.54, 1.807) is 0 Å². The zero-order valence-electron chi connectivity index (χ0n) is 21.5. The molecule has 0 heterocycles. The summed E-state index contributed by atoms with van der Waals surface area (Å²) in [4.78, 5) is 0. The summed E-state index contributed by atoms with van der Waals surface area (Å²) in [7, 11) is 0. The third-order valence-electron chi connectivity index (χ3n) is 6.57. The van der Waals surface area contributed by atoms with E-state index in [9.17, 15) is 0 Å². The van der Waals surface area contributed by atoms with Gasteiger partial charge in [-0.1, -0.05) is 95.3 Å². The Labute approximate surface area is 204 Å². The van der Waals surface area contributed by atoms with Gasteiger partial charge in [-0.05, 0) is 81.5 Å². The third-order valence-corrected chi connectivity index (χ3v) is 6.57. The Morgan fingerprint density at radius 3 is 1.94 bits per heavy atom. The Kier molecular flexibility index (Phi) is 7.28. The maximum absolute atomic E-state index is 6.25. The van der Waals surface area contributed by atoms with Crippen LogP contribution in [0.25, 0.3) is 21.5 Å². The van der Waals surface area contributed by atoms with Crippen molar-refractivity contribution in [2.75, 3.05) is 0 Å². The summed E-state index contributed by atoms with van der Waals surface area (Å²) in [5, 5.41) is 4.94. The lowest BCUT2D eigenvalue weighted by Gasteiger charge is -2.29. The number of fused-ring (bicyclic) bond motifs is 2. The second kappa shape index (κ2) is 10.2. The van der Waals surface area contributed by atoms with Crippen LogP contribution in [0.3, 0.4) is 0 Å². The molecule has 0 N–H and O–H groups in total. The van der Waals surface area contributed by atoms with Crippen molar-refractivity contribution in [2.45, 2.75) is 66.8 Å². The fourth-order valence-corrected chi connectivity index (χ4v) is 4.91. The Balaban J connectivity index is 1.51. The van der Waals surface area contributed by atoms with E-state index in [4.69, 9.17) is 9.47 Å². The first kappa shape index (κ1) is 24.3. The minimum atomic E-state index is -0.354. The van der Waals surface area contributed by atoms with Gasteiger partial charge in [0.15, 0.2) is 6.29 Å². The molecule has 2 heteroatoms. The van der Waals surface area contributed by atoms with Crippen LogP contribution < -0.4 is 4.74 Å². The van der Waals surface area contributed by atoms with E-state index in [-0.39, 0.29) is 11.7 Å². The van der Waals surface area contributed by atoms with Crippen LogP contribution in [0.1, 0.15) is 65.0 Å². The van der Waals surface area contributed by atoms with E-state index < -0.39 is 0 Å². The normalized spacial score (nSPS) is 14.0. The molecule has 0 radical (unpaired) electrons. The predicted octanol–water partition coefficient (Wildman–Crippen LogP) is 9.11. The molecule has 0 aliphatic carbocycles. The molecule has 0 fully saturated rings. The average molecular weight is 455 g/mol. The van der Waals surface area contributed by atoms with Gasteiger partial charge in [0.1, 0.15) is 5.75 Å². The van der Waals surface area contributed by atoms with E-state index in [0.717, 1.165) is 12.2 Å². The minimum Gasteiger partial charge on any atom is -0.465 e. The topological polar surface area (TPSA) is 18.5 Å². The van der Waals surface area contributed by atoms with Crippen LogP contribution >= 0.6 is 0 Å². The lowest BCUT2D eigenvalue weighted by Crippen LogP contribution is -2.18. The molecule has 0 aliphatic rings. The van der Waals surface area contributed by atoms with Crippen molar-refractivity contribution in [1.29, 1.82) is 0 Å². The van der Waals surface area contributed by atoms with Crippen LogP contribution in [0.15, 0.2) is 78.9 Å². The summed E-state index contributed by atoms with van der Waals surface area (Å²) in [5.41, 5.74) is 2.83.